The van der Waals surface area contributed by atoms with Crippen LogP contribution in [0, 0.1) is 0 Å². The fourth-order valence-electron chi connectivity index (χ4n) is 3.23. The standard InChI is InChI=1S/C23H18ClN3O2/c1-15(16-8-7-9-17(24)14-16)25-22(28)21-19-12-5-6-13-20(19)23(29)27(26-21)18-10-3-2-4-11-18/h2-15H,1H3,(H,25,28)/t15-/m1/s1. The van der Waals surface area contributed by atoms with Crippen molar-refractivity contribution >= 4 is 28.3 Å². The Labute approximate surface area is 172 Å². The van der Waals surface area contributed by atoms with Gasteiger partial charge in [-0.15, -0.1) is 0 Å². The van der Waals surface area contributed by atoms with E-state index < -0.39 is 0 Å². The van der Waals surface area contributed by atoms with E-state index in [1.165, 1.54) is 4.68 Å². The molecule has 0 saturated carbocycles. The molecule has 1 amide bonds. The molecule has 1 atom stereocenters. The maximum absolute atomic E-state index is 13.1. The van der Waals surface area contributed by atoms with Gasteiger partial charge in [-0.1, -0.05) is 60.1 Å². The molecular weight excluding hydrogens is 386 g/mol. The summed E-state index contributed by atoms with van der Waals surface area (Å²) in [5.74, 6) is -0.363. The molecule has 0 saturated heterocycles. The molecule has 3 aromatic carbocycles. The summed E-state index contributed by atoms with van der Waals surface area (Å²) in [5, 5.41) is 8.91. The molecule has 1 heterocycles. The first-order valence-corrected chi connectivity index (χ1v) is 9.56. The Bertz CT molecular complexity index is 1250. The van der Waals surface area contributed by atoms with Gasteiger partial charge < -0.3 is 5.32 Å². The molecule has 6 heteroatoms. The van der Waals surface area contributed by atoms with E-state index >= 15 is 0 Å². The van der Waals surface area contributed by atoms with E-state index in [1.54, 1.807) is 42.5 Å². The molecule has 0 aliphatic carbocycles. The molecule has 0 radical (unpaired) electrons. The van der Waals surface area contributed by atoms with Crippen LogP contribution in [0.4, 0.5) is 0 Å². The average molecular weight is 404 g/mol. The highest BCUT2D eigenvalue weighted by Gasteiger charge is 2.19. The number of aromatic nitrogens is 2. The van der Waals surface area contributed by atoms with Crippen molar-refractivity contribution in [2.75, 3.05) is 0 Å². The number of halogens is 1. The van der Waals surface area contributed by atoms with E-state index in [0.717, 1.165) is 5.56 Å². The first kappa shape index (κ1) is 18.9. The van der Waals surface area contributed by atoms with E-state index in [2.05, 4.69) is 10.4 Å². The molecular formula is C23H18ClN3O2. The summed E-state index contributed by atoms with van der Waals surface area (Å²) in [7, 11) is 0. The lowest BCUT2D eigenvalue weighted by Crippen LogP contribution is -2.31. The number of benzene rings is 3. The SMILES string of the molecule is C[C@@H](NC(=O)c1nn(-c2ccccc2)c(=O)c2ccccc12)c1cccc(Cl)c1. The predicted octanol–water partition coefficient (Wildman–Crippen LogP) is 4.53. The number of nitrogens with zero attached hydrogens (tertiary/aromatic N) is 2. The Balaban J connectivity index is 1.79. The van der Waals surface area contributed by atoms with E-state index in [0.29, 0.717) is 21.5 Å². The summed E-state index contributed by atoms with van der Waals surface area (Å²) in [4.78, 5) is 26.0. The van der Waals surface area contributed by atoms with E-state index in [-0.39, 0.29) is 23.2 Å². The minimum absolute atomic E-state index is 0.193. The third-order valence-corrected chi connectivity index (χ3v) is 4.95. The number of fused-ring (bicyclic) bond motifs is 1. The van der Waals surface area contributed by atoms with Crippen molar-refractivity contribution in [1.82, 2.24) is 15.1 Å². The maximum Gasteiger partial charge on any atom is 0.279 e. The molecule has 4 rings (SSSR count). The van der Waals surface area contributed by atoms with E-state index in [4.69, 9.17) is 11.6 Å². The van der Waals surface area contributed by atoms with Crippen molar-refractivity contribution in [1.29, 1.82) is 0 Å². The van der Waals surface area contributed by atoms with Crippen LogP contribution in [0.15, 0.2) is 83.7 Å². The highest BCUT2D eigenvalue weighted by atomic mass is 35.5. The summed E-state index contributed by atoms with van der Waals surface area (Å²) in [6.45, 7) is 1.87. The minimum atomic E-state index is -0.363. The molecule has 0 fully saturated rings. The molecule has 0 aliphatic rings. The van der Waals surface area contributed by atoms with Gasteiger partial charge in [-0.3, -0.25) is 9.59 Å². The second kappa shape index (κ2) is 7.89. The van der Waals surface area contributed by atoms with Gasteiger partial charge in [0.25, 0.3) is 11.5 Å². The lowest BCUT2D eigenvalue weighted by atomic mass is 10.1. The van der Waals surface area contributed by atoms with Gasteiger partial charge in [0.15, 0.2) is 5.69 Å². The van der Waals surface area contributed by atoms with Gasteiger partial charge in [-0.2, -0.15) is 9.78 Å². The Morgan fingerprint density at radius 3 is 2.38 bits per heavy atom. The monoisotopic (exact) mass is 403 g/mol. The zero-order valence-electron chi connectivity index (χ0n) is 15.7. The van der Waals surface area contributed by atoms with E-state index in [1.807, 2.05) is 43.3 Å². The number of hydrogen-bond donors (Lipinski definition) is 1. The second-order valence-corrected chi connectivity index (χ2v) is 7.13. The fourth-order valence-corrected chi connectivity index (χ4v) is 3.42. The third kappa shape index (κ3) is 3.77. The number of carbonyl (C=O) groups excluding carboxylic acids is 1. The quantitative estimate of drug-likeness (QED) is 0.544. The Hall–Kier alpha value is -3.44. The zero-order chi connectivity index (χ0) is 20.4. The maximum atomic E-state index is 13.1. The third-order valence-electron chi connectivity index (χ3n) is 4.72. The van der Waals surface area contributed by atoms with Crippen LogP contribution < -0.4 is 10.9 Å². The number of amides is 1. The molecule has 0 aliphatic heterocycles. The fraction of sp³-hybridized carbons (Fsp3) is 0.0870. The van der Waals surface area contributed by atoms with Gasteiger partial charge >= 0.3 is 0 Å². The van der Waals surface area contributed by atoms with Crippen molar-refractivity contribution in [3.8, 4) is 5.69 Å². The van der Waals surface area contributed by atoms with Crippen molar-refractivity contribution in [2.45, 2.75) is 13.0 Å². The van der Waals surface area contributed by atoms with Gasteiger partial charge in [0.2, 0.25) is 0 Å². The second-order valence-electron chi connectivity index (χ2n) is 6.70. The average Bonchev–Trinajstić information content (AvgIpc) is 2.74. The highest BCUT2D eigenvalue weighted by Crippen LogP contribution is 2.19. The topological polar surface area (TPSA) is 64.0 Å². The molecule has 0 unspecified atom stereocenters. The van der Waals surface area contributed by atoms with Gasteiger partial charge in [0.1, 0.15) is 0 Å². The van der Waals surface area contributed by atoms with Gasteiger partial charge in [0, 0.05) is 10.4 Å². The number of hydrogen-bond acceptors (Lipinski definition) is 3. The van der Waals surface area contributed by atoms with Crippen LogP contribution in [0.3, 0.4) is 0 Å². The Morgan fingerprint density at radius 2 is 1.66 bits per heavy atom. The number of nitrogens with one attached hydrogen (secondary N) is 1. The van der Waals surface area contributed by atoms with E-state index in [9.17, 15) is 9.59 Å². The van der Waals surface area contributed by atoms with Crippen molar-refractivity contribution in [3.63, 3.8) is 0 Å². The molecule has 29 heavy (non-hydrogen) atoms. The van der Waals surface area contributed by atoms with Crippen LogP contribution in [0.25, 0.3) is 16.5 Å². The lowest BCUT2D eigenvalue weighted by molar-refractivity contribution is 0.0935. The summed E-state index contributed by atoms with van der Waals surface area (Å²) in [6, 6.07) is 23.1. The Morgan fingerprint density at radius 1 is 0.966 bits per heavy atom. The highest BCUT2D eigenvalue weighted by molar-refractivity contribution is 6.30. The van der Waals surface area contributed by atoms with Crippen LogP contribution >= 0.6 is 11.6 Å². The molecule has 1 N–H and O–H groups in total. The van der Waals surface area contributed by atoms with Crippen molar-refractivity contribution in [3.05, 3.63) is 105 Å². The summed E-state index contributed by atoms with van der Waals surface area (Å²) < 4.78 is 1.27. The first-order valence-electron chi connectivity index (χ1n) is 9.18. The summed E-state index contributed by atoms with van der Waals surface area (Å²) >= 11 is 6.06. The lowest BCUT2D eigenvalue weighted by Gasteiger charge is -2.16. The molecule has 144 valence electrons. The van der Waals surface area contributed by atoms with Crippen molar-refractivity contribution in [2.24, 2.45) is 0 Å². The van der Waals surface area contributed by atoms with Crippen LogP contribution in [0.1, 0.15) is 29.0 Å². The largest absolute Gasteiger partial charge is 0.344 e. The van der Waals surface area contributed by atoms with Gasteiger partial charge in [-0.05, 0) is 42.8 Å². The van der Waals surface area contributed by atoms with Gasteiger partial charge in [0.05, 0.1) is 17.1 Å². The van der Waals surface area contributed by atoms with Gasteiger partial charge in [-0.25, -0.2) is 0 Å². The van der Waals surface area contributed by atoms with Crippen LogP contribution in [-0.2, 0) is 0 Å². The van der Waals surface area contributed by atoms with Crippen molar-refractivity contribution < 1.29 is 4.79 Å². The molecule has 1 aromatic heterocycles. The molecule has 5 nitrogen and oxygen atoms in total. The molecule has 0 bridgehead atoms. The normalized spacial score (nSPS) is 11.9. The summed E-state index contributed by atoms with van der Waals surface area (Å²) in [5.41, 5.74) is 1.40. The minimum Gasteiger partial charge on any atom is -0.344 e. The summed E-state index contributed by atoms with van der Waals surface area (Å²) in [6.07, 6.45) is 0. The van der Waals surface area contributed by atoms with Crippen LogP contribution in [-0.4, -0.2) is 15.7 Å². The predicted molar refractivity (Wildman–Crippen MR) is 115 cm³/mol. The first-order chi connectivity index (χ1) is 14.0. The molecule has 0 spiro atoms. The molecule has 4 aromatic rings. The van der Waals surface area contributed by atoms with Crippen LogP contribution in [0.2, 0.25) is 5.02 Å². The number of carbonyl (C=O) groups is 1. The van der Waals surface area contributed by atoms with Crippen LogP contribution in [0.5, 0.6) is 0 Å². The smallest absolute Gasteiger partial charge is 0.279 e. The number of rotatable bonds is 4. The number of para-hydroxylation sites is 1. The Kier molecular flexibility index (Phi) is 5.14. The zero-order valence-corrected chi connectivity index (χ0v) is 16.4.